The molecule has 0 bridgehead atoms. The van der Waals surface area contributed by atoms with E-state index in [0.717, 1.165) is 27.9 Å². The normalized spacial score (nSPS) is 10.8. The van der Waals surface area contributed by atoms with Crippen molar-refractivity contribution in [3.8, 4) is 28.7 Å². The number of rotatable bonds is 5. The molecule has 0 heterocycles. The van der Waals surface area contributed by atoms with E-state index >= 15 is 0 Å². The molecule has 0 atom stereocenters. The average molecular weight is 442 g/mol. The zero-order valence-electron chi connectivity index (χ0n) is 19.1. The number of anilines is 3. The fraction of sp³-hybridized carbons (Fsp3) is 0.143. The van der Waals surface area contributed by atoms with Gasteiger partial charge in [0.1, 0.15) is 28.7 Å². The minimum Gasteiger partial charge on any atom is -0.508 e. The molecule has 0 radical (unpaired) electrons. The maximum atomic E-state index is 10.7. The summed E-state index contributed by atoms with van der Waals surface area (Å²) in [5.41, 5.74) is 5.34. The molecule has 0 saturated carbocycles. The minimum atomic E-state index is 0.119. The molecule has 0 spiro atoms. The number of benzene rings is 4. The largest absolute Gasteiger partial charge is 0.508 e. The van der Waals surface area contributed by atoms with Crippen molar-refractivity contribution in [2.24, 2.45) is 0 Å². The highest BCUT2D eigenvalue weighted by Crippen LogP contribution is 2.46. The van der Waals surface area contributed by atoms with E-state index in [2.05, 4.69) is 0 Å². The molecular weight excluding hydrogens is 414 g/mol. The molecule has 5 nitrogen and oxygen atoms in total. The Labute approximate surface area is 193 Å². The van der Waals surface area contributed by atoms with Crippen molar-refractivity contribution < 1.29 is 20.1 Å². The van der Waals surface area contributed by atoms with Gasteiger partial charge < -0.3 is 25.0 Å². The lowest BCUT2D eigenvalue weighted by Crippen LogP contribution is -2.13. The molecule has 168 valence electrons. The second-order valence-corrected chi connectivity index (χ2v) is 8.15. The number of aromatic hydroxyl groups is 3. The zero-order chi connectivity index (χ0) is 23.7. The molecule has 33 heavy (non-hydrogen) atoms. The van der Waals surface area contributed by atoms with E-state index in [1.807, 2.05) is 69.0 Å². The minimum absolute atomic E-state index is 0.119. The molecule has 0 fully saturated rings. The second kappa shape index (κ2) is 8.79. The molecule has 0 amide bonds. The van der Waals surface area contributed by atoms with Crippen LogP contribution < -0.4 is 9.64 Å². The first-order valence-electron chi connectivity index (χ1n) is 10.7. The van der Waals surface area contributed by atoms with Gasteiger partial charge in [-0.25, -0.2) is 0 Å². The standard InChI is InChI=1S/C28H27NO4/c1-17-7-5-9-24(31)27(17)29(28-18(2)8-6-10-25(28)32)21-11-13-22(14-12-21)33-26-16-15-23(30)19(3)20(26)4/h5-16,30-32H,1-4H3. The number of hydrogen-bond acceptors (Lipinski definition) is 5. The summed E-state index contributed by atoms with van der Waals surface area (Å²) < 4.78 is 6.06. The van der Waals surface area contributed by atoms with Crippen LogP contribution in [0.2, 0.25) is 0 Å². The summed E-state index contributed by atoms with van der Waals surface area (Å²) in [6.07, 6.45) is 0. The molecule has 5 heteroatoms. The molecule has 3 N–H and O–H groups in total. The maximum Gasteiger partial charge on any atom is 0.139 e. The van der Waals surface area contributed by atoms with Crippen LogP contribution in [0.15, 0.2) is 72.8 Å². The molecule has 0 saturated heterocycles. The van der Waals surface area contributed by atoms with Crippen LogP contribution in [0.3, 0.4) is 0 Å². The number of ether oxygens (including phenoxy) is 1. The van der Waals surface area contributed by atoms with Crippen LogP contribution in [0, 0.1) is 27.7 Å². The monoisotopic (exact) mass is 441 g/mol. The van der Waals surface area contributed by atoms with Gasteiger partial charge in [-0.15, -0.1) is 0 Å². The summed E-state index contributed by atoms with van der Waals surface area (Å²) in [6, 6.07) is 21.5. The smallest absolute Gasteiger partial charge is 0.139 e. The summed E-state index contributed by atoms with van der Waals surface area (Å²) in [6.45, 7) is 7.60. The number of hydrogen-bond donors (Lipinski definition) is 3. The van der Waals surface area contributed by atoms with Crippen LogP contribution in [0.1, 0.15) is 22.3 Å². The third kappa shape index (κ3) is 4.17. The van der Waals surface area contributed by atoms with Crippen LogP contribution in [0.5, 0.6) is 28.7 Å². The Hall–Kier alpha value is -4.12. The van der Waals surface area contributed by atoms with Gasteiger partial charge in [0.05, 0.1) is 11.4 Å². The van der Waals surface area contributed by atoms with E-state index in [4.69, 9.17) is 4.74 Å². The Kier molecular flexibility index (Phi) is 5.88. The van der Waals surface area contributed by atoms with Crippen LogP contribution in [-0.4, -0.2) is 15.3 Å². The molecule has 0 aliphatic rings. The van der Waals surface area contributed by atoms with E-state index in [0.29, 0.717) is 22.9 Å². The van der Waals surface area contributed by atoms with Crippen molar-refractivity contribution in [1.29, 1.82) is 0 Å². The van der Waals surface area contributed by atoms with Crippen LogP contribution >= 0.6 is 0 Å². The van der Waals surface area contributed by atoms with Gasteiger partial charge in [-0.3, -0.25) is 0 Å². The van der Waals surface area contributed by atoms with Gasteiger partial charge in [-0.05, 0) is 98.5 Å². The number of nitrogens with zero attached hydrogens (tertiary/aromatic N) is 1. The van der Waals surface area contributed by atoms with E-state index in [1.54, 1.807) is 36.4 Å². The second-order valence-electron chi connectivity index (χ2n) is 8.15. The Morgan fingerprint density at radius 3 is 1.64 bits per heavy atom. The predicted octanol–water partition coefficient (Wildman–Crippen LogP) is 7.30. The molecule has 0 aliphatic heterocycles. The van der Waals surface area contributed by atoms with E-state index in [-0.39, 0.29) is 17.2 Å². The lowest BCUT2D eigenvalue weighted by atomic mass is 10.1. The third-order valence-corrected chi connectivity index (χ3v) is 5.91. The van der Waals surface area contributed by atoms with E-state index in [9.17, 15) is 15.3 Å². The fourth-order valence-electron chi connectivity index (χ4n) is 3.92. The SMILES string of the molecule is Cc1cccc(O)c1N(c1ccc(Oc2ccc(O)c(C)c2C)cc1)c1c(C)cccc1O. The topological polar surface area (TPSA) is 73.2 Å². The molecule has 0 aliphatic carbocycles. The van der Waals surface area contributed by atoms with Crippen molar-refractivity contribution >= 4 is 17.1 Å². The van der Waals surface area contributed by atoms with Crippen molar-refractivity contribution in [1.82, 2.24) is 0 Å². The van der Waals surface area contributed by atoms with Crippen LogP contribution in [0.4, 0.5) is 17.1 Å². The Balaban J connectivity index is 1.79. The zero-order valence-corrected chi connectivity index (χ0v) is 19.1. The maximum absolute atomic E-state index is 10.7. The fourth-order valence-corrected chi connectivity index (χ4v) is 3.92. The highest BCUT2D eigenvalue weighted by Gasteiger charge is 2.22. The summed E-state index contributed by atoms with van der Waals surface area (Å²) in [5, 5.41) is 31.3. The molecular formula is C28H27NO4. The number of phenolic OH excluding ortho intramolecular Hbond substituents is 3. The highest BCUT2D eigenvalue weighted by molar-refractivity contribution is 5.86. The van der Waals surface area contributed by atoms with E-state index < -0.39 is 0 Å². The number of aryl methyl sites for hydroxylation is 2. The summed E-state index contributed by atoms with van der Waals surface area (Å²) in [4.78, 5) is 1.86. The molecule has 0 unspecified atom stereocenters. The molecule has 4 aromatic rings. The Bertz CT molecular complexity index is 1220. The first-order chi connectivity index (χ1) is 15.8. The Morgan fingerprint density at radius 1 is 0.576 bits per heavy atom. The number of para-hydroxylation sites is 2. The first-order valence-corrected chi connectivity index (χ1v) is 10.7. The van der Waals surface area contributed by atoms with E-state index in [1.165, 1.54) is 0 Å². The van der Waals surface area contributed by atoms with Gasteiger partial charge in [0.2, 0.25) is 0 Å². The third-order valence-electron chi connectivity index (χ3n) is 5.91. The van der Waals surface area contributed by atoms with Crippen LogP contribution in [-0.2, 0) is 0 Å². The molecule has 4 rings (SSSR count). The van der Waals surface area contributed by atoms with Gasteiger partial charge in [-0.2, -0.15) is 0 Å². The van der Waals surface area contributed by atoms with Crippen molar-refractivity contribution in [3.05, 3.63) is 95.1 Å². The lowest BCUT2D eigenvalue weighted by molar-refractivity contribution is 0.457. The van der Waals surface area contributed by atoms with Crippen molar-refractivity contribution in [3.63, 3.8) is 0 Å². The molecule has 0 aromatic heterocycles. The van der Waals surface area contributed by atoms with Crippen LogP contribution in [0.25, 0.3) is 0 Å². The average Bonchev–Trinajstić information content (AvgIpc) is 2.78. The van der Waals surface area contributed by atoms with Crippen molar-refractivity contribution in [2.75, 3.05) is 4.90 Å². The quantitative estimate of drug-likeness (QED) is 0.303. The summed E-state index contributed by atoms with van der Waals surface area (Å²) >= 11 is 0. The predicted molar refractivity (Wildman–Crippen MR) is 132 cm³/mol. The highest BCUT2D eigenvalue weighted by atomic mass is 16.5. The summed E-state index contributed by atoms with van der Waals surface area (Å²) in [5.74, 6) is 1.78. The summed E-state index contributed by atoms with van der Waals surface area (Å²) in [7, 11) is 0. The van der Waals surface area contributed by atoms with Gasteiger partial charge in [0.15, 0.2) is 0 Å². The first kappa shape index (κ1) is 22.1. The number of phenols is 3. The Morgan fingerprint density at radius 2 is 1.12 bits per heavy atom. The van der Waals surface area contributed by atoms with Gasteiger partial charge in [0, 0.05) is 5.69 Å². The van der Waals surface area contributed by atoms with Gasteiger partial charge >= 0.3 is 0 Å². The lowest BCUT2D eigenvalue weighted by Gasteiger charge is -2.29. The molecule has 4 aromatic carbocycles. The van der Waals surface area contributed by atoms with Gasteiger partial charge in [0.25, 0.3) is 0 Å². The van der Waals surface area contributed by atoms with Gasteiger partial charge in [-0.1, -0.05) is 24.3 Å². The van der Waals surface area contributed by atoms with Crippen molar-refractivity contribution in [2.45, 2.75) is 27.7 Å².